The van der Waals surface area contributed by atoms with Crippen LogP contribution < -0.4 is 14.4 Å². The lowest BCUT2D eigenvalue weighted by molar-refractivity contribution is 0.104. The van der Waals surface area contributed by atoms with Crippen LogP contribution in [0.1, 0.15) is 34.3 Å². The van der Waals surface area contributed by atoms with Gasteiger partial charge in [0.1, 0.15) is 23.1 Å². The average molecular weight is 439 g/mol. The van der Waals surface area contributed by atoms with Crippen LogP contribution in [0.25, 0.3) is 10.1 Å². The van der Waals surface area contributed by atoms with Gasteiger partial charge in [0.25, 0.3) is 0 Å². The van der Waals surface area contributed by atoms with Crippen molar-refractivity contribution >= 4 is 32.2 Å². The fraction of sp³-hybridized carbons (Fsp3) is 0.400. The SMILES string of the molecule is COc1cc2sc(N(C)C)c(C(=O)c3ccc(OCCN4CCCC4)cc3)c2cc1C. The Kier molecular flexibility index (Phi) is 6.49. The quantitative estimate of drug-likeness (QED) is 0.464. The molecule has 0 spiro atoms. The molecule has 0 amide bonds. The van der Waals surface area contributed by atoms with E-state index in [1.807, 2.05) is 56.3 Å². The second-order valence-electron chi connectivity index (χ2n) is 8.25. The van der Waals surface area contributed by atoms with Crippen LogP contribution >= 0.6 is 11.3 Å². The van der Waals surface area contributed by atoms with Crippen molar-refractivity contribution in [1.82, 2.24) is 4.90 Å². The first kappa shape index (κ1) is 21.7. The molecule has 31 heavy (non-hydrogen) atoms. The molecule has 4 rings (SSSR count). The van der Waals surface area contributed by atoms with E-state index in [9.17, 15) is 4.79 Å². The highest BCUT2D eigenvalue weighted by Gasteiger charge is 2.23. The number of fused-ring (bicyclic) bond motifs is 1. The van der Waals surface area contributed by atoms with Gasteiger partial charge in [-0.15, -0.1) is 11.3 Å². The van der Waals surface area contributed by atoms with Crippen molar-refractivity contribution in [2.75, 3.05) is 52.3 Å². The molecule has 0 saturated carbocycles. The van der Waals surface area contributed by atoms with E-state index in [0.717, 1.165) is 44.3 Å². The smallest absolute Gasteiger partial charge is 0.196 e. The van der Waals surface area contributed by atoms with Crippen molar-refractivity contribution in [3.8, 4) is 11.5 Å². The largest absolute Gasteiger partial charge is 0.496 e. The lowest BCUT2D eigenvalue weighted by atomic mass is 10.00. The van der Waals surface area contributed by atoms with Crippen molar-refractivity contribution in [1.29, 1.82) is 0 Å². The summed E-state index contributed by atoms with van der Waals surface area (Å²) in [5.74, 6) is 1.68. The van der Waals surface area contributed by atoms with E-state index >= 15 is 0 Å². The van der Waals surface area contributed by atoms with E-state index in [0.29, 0.717) is 12.2 Å². The zero-order valence-corrected chi connectivity index (χ0v) is 19.6. The van der Waals surface area contributed by atoms with Gasteiger partial charge in [0.15, 0.2) is 5.78 Å². The van der Waals surface area contributed by atoms with Crippen LogP contribution in [-0.2, 0) is 0 Å². The number of carbonyl (C=O) groups is 1. The summed E-state index contributed by atoms with van der Waals surface area (Å²) in [6, 6.07) is 11.6. The third kappa shape index (κ3) is 4.55. The minimum Gasteiger partial charge on any atom is -0.496 e. The second kappa shape index (κ2) is 9.28. The summed E-state index contributed by atoms with van der Waals surface area (Å²) in [5.41, 5.74) is 2.44. The van der Waals surface area contributed by atoms with Crippen molar-refractivity contribution in [2.24, 2.45) is 0 Å². The van der Waals surface area contributed by atoms with E-state index in [-0.39, 0.29) is 5.78 Å². The first-order chi connectivity index (χ1) is 15.0. The van der Waals surface area contributed by atoms with Crippen molar-refractivity contribution in [3.63, 3.8) is 0 Å². The van der Waals surface area contributed by atoms with Crippen molar-refractivity contribution < 1.29 is 14.3 Å². The number of hydrogen-bond acceptors (Lipinski definition) is 6. The number of hydrogen-bond donors (Lipinski definition) is 0. The molecule has 0 N–H and O–H groups in total. The number of carbonyl (C=O) groups excluding carboxylic acids is 1. The van der Waals surface area contributed by atoms with E-state index in [1.54, 1.807) is 18.4 Å². The van der Waals surface area contributed by atoms with Gasteiger partial charge in [0.05, 0.1) is 12.7 Å². The maximum Gasteiger partial charge on any atom is 0.196 e. The number of anilines is 1. The first-order valence-corrected chi connectivity index (χ1v) is 11.6. The second-order valence-corrected chi connectivity index (χ2v) is 9.28. The molecule has 1 aliphatic heterocycles. The molecule has 6 heteroatoms. The number of thiophene rings is 1. The lowest BCUT2D eigenvalue weighted by Gasteiger charge is -2.15. The molecule has 164 valence electrons. The van der Waals surface area contributed by atoms with Gasteiger partial charge in [0, 0.05) is 36.3 Å². The first-order valence-electron chi connectivity index (χ1n) is 10.8. The number of nitrogens with zero attached hydrogens (tertiary/aromatic N) is 2. The molecular weight excluding hydrogens is 408 g/mol. The van der Waals surface area contributed by atoms with Crippen molar-refractivity contribution in [2.45, 2.75) is 19.8 Å². The summed E-state index contributed by atoms with van der Waals surface area (Å²) in [6.07, 6.45) is 2.57. The Bertz CT molecular complexity index is 1070. The zero-order valence-electron chi connectivity index (χ0n) is 18.7. The molecular formula is C25H30N2O3S. The molecule has 1 fully saturated rings. The van der Waals surface area contributed by atoms with Crippen LogP contribution in [0.3, 0.4) is 0 Å². The Morgan fingerprint density at radius 3 is 2.48 bits per heavy atom. The molecule has 0 bridgehead atoms. The number of benzene rings is 2. The van der Waals surface area contributed by atoms with Gasteiger partial charge in [-0.1, -0.05) is 0 Å². The third-order valence-electron chi connectivity index (χ3n) is 5.81. The summed E-state index contributed by atoms with van der Waals surface area (Å²) >= 11 is 1.62. The van der Waals surface area contributed by atoms with Crippen LogP contribution in [0, 0.1) is 6.92 Å². The molecule has 0 aliphatic carbocycles. The zero-order chi connectivity index (χ0) is 22.0. The maximum atomic E-state index is 13.5. The number of rotatable bonds is 8. The molecule has 2 aromatic carbocycles. The Hall–Kier alpha value is -2.57. The van der Waals surface area contributed by atoms with Gasteiger partial charge in [-0.25, -0.2) is 0 Å². The van der Waals surface area contributed by atoms with E-state index in [4.69, 9.17) is 9.47 Å². The van der Waals surface area contributed by atoms with Gasteiger partial charge in [-0.2, -0.15) is 0 Å². The average Bonchev–Trinajstić information content (AvgIpc) is 3.41. The summed E-state index contributed by atoms with van der Waals surface area (Å²) in [7, 11) is 5.63. The third-order valence-corrected chi connectivity index (χ3v) is 7.13. The van der Waals surface area contributed by atoms with E-state index < -0.39 is 0 Å². The predicted molar refractivity (Wildman–Crippen MR) is 128 cm³/mol. The predicted octanol–water partition coefficient (Wildman–Crippen LogP) is 4.99. The minimum atomic E-state index is 0.0307. The number of ketones is 1. The van der Waals surface area contributed by atoms with Gasteiger partial charge in [-0.05, 0) is 74.8 Å². The number of aryl methyl sites for hydroxylation is 1. The van der Waals surface area contributed by atoms with Crippen LogP contribution in [0.15, 0.2) is 36.4 Å². The fourth-order valence-corrected chi connectivity index (χ4v) is 5.25. The van der Waals surface area contributed by atoms with Gasteiger partial charge >= 0.3 is 0 Å². The van der Waals surface area contributed by atoms with Crippen molar-refractivity contribution in [3.05, 3.63) is 53.1 Å². The molecule has 0 atom stereocenters. The Morgan fingerprint density at radius 1 is 1.13 bits per heavy atom. The lowest BCUT2D eigenvalue weighted by Crippen LogP contribution is -2.25. The van der Waals surface area contributed by atoms with E-state index in [2.05, 4.69) is 11.0 Å². The summed E-state index contributed by atoms with van der Waals surface area (Å²) in [5, 5.41) is 1.93. The topological polar surface area (TPSA) is 42.0 Å². The Balaban J connectivity index is 1.56. The molecule has 0 unspecified atom stereocenters. The molecule has 0 radical (unpaired) electrons. The molecule has 1 saturated heterocycles. The minimum absolute atomic E-state index is 0.0307. The summed E-state index contributed by atoms with van der Waals surface area (Å²) in [4.78, 5) is 18.0. The number of ether oxygens (including phenoxy) is 2. The highest BCUT2D eigenvalue weighted by atomic mass is 32.1. The molecule has 2 heterocycles. The Morgan fingerprint density at radius 2 is 1.84 bits per heavy atom. The maximum absolute atomic E-state index is 13.5. The number of likely N-dealkylation sites (tertiary alicyclic amines) is 1. The summed E-state index contributed by atoms with van der Waals surface area (Å²) < 4.78 is 12.4. The van der Waals surface area contributed by atoms with Crippen LogP contribution in [-0.4, -0.2) is 58.1 Å². The molecule has 5 nitrogen and oxygen atoms in total. The highest BCUT2D eigenvalue weighted by Crippen LogP contribution is 2.41. The van der Waals surface area contributed by atoms with E-state index in [1.165, 1.54) is 25.9 Å². The normalized spacial score (nSPS) is 14.2. The van der Waals surface area contributed by atoms with Crippen LogP contribution in [0.5, 0.6) is 11.5 Å². The fourth-order valence-electron chi connectivity index (χ4n) is 4.12. The molecule has 1 aromatic heterocycles. The Labute approximate surface area is 188 Å². The summed E-state index contributed by atoms with van der Waals surface area (Å²) in [6.45, 7) is 5.98. The van der Waals surface area contributed by atoms with Crippen LogP contribution in [0.4, 0.5) is 5.00 Å². The number of methoxy groups -OCH3 is 1. The molecule has 3 aromatic rings. The monoisotopic (exact) mass is 438 g/mol. The van der Waals surface area contributed by atoms with Gasteiger partial charge in [-0.3, -0.25) is 9.69 Å². The molecule has 1 aliphatic rings. The van der Waals surface area contributed by atoms with Gasteiger partial charge < -0.3 is 14.4 Å². The highest BCUT2D eigenvalue weighted by molar-refractivity contribution is 7.23. The van der Waals surface area contributed by atoms with Crippen LogP contribution in [0.2, 0.25) is 0 Å². The van der Waals surface area contributed by atoms with Gasteiger partial charge in [0.2, 0.25) is 0 Å². The standard InChI is InChI=1S/C25H30N2O3S/c1-17-15-20-22(16-21(17)29-4)31-25(26(2)3)23(20)24(28)18-7-9-19(10-8-18)30-14-13-27-11-5-6-12-27/h7-10,15-16H,5-6,11-14H2,1-4H3.